The Kier molecular flexibility index (Phi) is 6.16. The van der Waals surface area contributed by atoms with Gasteiger partial charge in [-0.3, -0.25) is 0 Å². The van der Waals surface area contributed by atoms with Gasteiger partial charge >= 0.3 is 0 Å². The van der Waals surface area contributed by atoms with Gasteiger partial charge in [-0.2, -0.15) is 5.26 Å². The lowest BCUT2D eigenvalue weighted by molar-refractivity contribution is 0.573. The zero-order chi connectivity index (χ0) is 13.4. The van der Waals surface area contributed by atoms with E-state index in [9.17, 15) is 0 Å². The Morgan fingerprint density at radius 1 is 1.28 bits per heavy atom. The number of anilines is 1. The van der Waals surface area contributed by atoms with Crippen LogP contribution in [0, 0.1) is 11.3 Å². The van der Waals surface area contributed by atoms with Crippen molar-refractivity contribution >= 4 is 23.0 Å². The maximum atomic E-state index is 8.59. The first-order chi connectivity index (χ1) is 8.69. The molecule has 0 saturated carbocycles. The average Bonchev–Trinajstić information content (AvgIpc) is 2.38. The fraction of sp³-hybridized carbons (Fsp3) is 0.429. The summed E-state index contributed by atoms with van der Waals surface area (Å²) in [6, 6.07) is 10.3. The van der Waals surface area contributed by atoms with Crippen LogP contribution in [0.15, 0.2) is 24.3 Å². The van der Waals surface area contributed by atoms with E-state index in [0.717, 1.165) is 24.1 Å². The van der Waals surface area contributed by atoms with Gasteiger partial charge in [-0.25, -0.2) is 0 Å². The van der Waals surface area contributed by atoms with Crippen LogP contribution in [-0.4, -0.2) is 11.2 Å². The third-order valence-corrected chi connectivity index (χ3v) is 3.04. The van der Waals surface area contributed by atoms with Gasteiger partial charge < -0.3 is 10.6 Å². The van der Waals surface area contributed by atoms with Crippen LogP contribution < -0.4 is 10.6 Å². The zero-order valence-corrected chi connectivity index (χ0v) is 11.7. The fourth-order valence-corrected chi connectivity index (χ4v) is 1.93. The smallest absolute Gasteiger partial charge is 0.170 e. The maximum Gasteiger partial charge on any atom is 0.170 e. The van der Waals surface area contributed by atoms with Gasteiger partial charge in [0.2, 0.25) is 0 Å². The molecule has 2 N–H and O–H groups in total. The molecule has 0 unspecified atom stereocenters. The van der Waals surface area contributed by atoms with Gasteiger partial charge in [-0.1, -0.05) is 26.0 Å². The molecule has 0 amide bonds. The lowest BCUT2D eigenvalue weighted by Crippen LogP contribution is -2.36. The number of hydrogen-bond donors (Lipinski definition) is 2. The van der Waals surface area contributed by atoms with Gasteiger partial charge in [-0.15, -0.1) is 0 Å². The quantitative estimate of drug-likeness (QED) is 0.799. The summed E-state index contributed by atoms with van der Waals surface area (Å²) in [4.78, 5) is 0. The second-order valence-corrected chi connectivity index (χ2v) is 4.55. The van der Waals surface area contributed by atoms with Crippen LogP contribution in [0.4, 0.5) is 5.69 Å². The predicted octanol–water partition coefficient (Wildman–Crippen LogP) is 3.23. The summed E-state index contributed by atoms with van der Waals surface area (Å²) in [7, 11) is 0. The van der Waals surface area contributed by atoms with E-state index in [-0.39, 0.29) is 0 Å². The van der Waals surface area contributed by atoms with E-state index >= 15 is 0 Å². The molecule has 0 aromatic heterocycles. The van der Waals surface area contributed by atoms with Crippen LogP contribution in [0.3, 0.4) is 0 Å². The van der Waals surface area contributed by atoms with E-state index in [1.54, 1.807) is 0 Å². The molecule has 18 heavy (non-hydrogen) atoms. The summed E-state index contributed by atoms with van der Waals surface area (Å²) >= 11 is 5.25. The van der Waals surface area contributed by atoms with E-state index < -0.39 is 0 Å². The van der Waals surface area contributed by atoms with Crippen molar-refractivity contribution in [3.63, 3.8) is 0 Å². The Hall–Kier alpha value is -1.60. The fourth-order valence-electron chi connectivity index (χ4n) is 1.64. The molecule has 0 spiro atoms. The Morgan fingerprint density at radius 2 is 1.89 bits per heavy atom. The standard InChI is InChI=1S/C14H19N3S/c1-3-12(4-2)16-14(18)17-13-7-5-11(6-8-13)9-10-15/h5-8,12H,3-4,9H2,1-2H3,(H2,16,17,18). The largest absolute Gasteiger partial charge is 0.360 e. The Labute approximate surface area is 114 Å². The molecule has 1 aromatic carbocycles. The molecule has 0 atom stereocenters. The maximum absolute atomic E-state index is 8.59. The predicted molar refractivity (Wildman–Crippen MR) is 79.5 cm³/mol. The Balaban J connectivity index is 2.52. The van der Waals surface area contributed by atoms with Crippen molar-refractivity contribution in [2.45, 2.75) is 39.2 Å². The SMILES string of the molecule is CCC(CC)NC(=S)Nc1ccc(CC#N)cc1. The highest BCUT2D eigenvalue weighted by molar-refractivity contribution is 7.80. The monoisotopic (exact) mass is 261 g/mol. The van der Waals surface area contributed by atoms with Gasteiger partial charge in [0.15, 0.2) is 5.11 Å². The molecule has 1 aromatic rings. The van der Waals surface area contributed by atoms with Crippen LogP contribution in [-0.2, 0) is 6.42 Å². The Morgan fingerprint density at radius 3 is 2.39 bits per heavy atom. The van der Waals surface area contributed by atoms with Crippen molar-refractivity contribution in [2.75, 3.05) is 5.32 Å². The Bertz CT molecular complexity index is 416. The molecular formula is C14H19N3S. The molecule has 1 rings (SSSR count). The number of rotatable bonds is 5. The van der Waals surface area contributed by atoms with E-state index in [0.29, 0.717) is 17.6 Å². The minimum absolute atomic E-state index is 0.419. The number of nitrogens with zero attached hydrogens (tertiary/aromatic N) is 1. The molecule has 0 heterocycles. The summed E-state index contributed by atoms with van der Waals surface area (Å²) in [6.07, 6.45) is 2.55. The van der Waals surface area contributed by atoms with Crippen molar-refractivity contribution in [3.8, 4) is 6.07 Å². The lowest BCUT2D eigenvalue weighted by Gasteiger charge is -2.17. The number of nitriles is 1. The second-order valence-electron chi connectivity index (χ2n) is 4.14. The van der Waals surface area contributed by atoms with Crippen LogP contribution in [0.5, 0.6) is 0 Å². The highest BCUT2D eigenvalue weighted by Crippen LogP contribution is 2.10. The molecule has 0 aliphatic rings. The van der Waals surface area contributed by atoms with Crippen molar-refractivity contribution in [1.82, 2.24) is 5.32 Å². The van der Waals surface area contributed by atoms with Gasteiger partial charge in [0, 0.05) is 11.7 Å². The van der Waals surface area contributed by atoms with Crippen LogP contribution in [0.1, 0.15) is 32.3 Å². The van der Waals surface area contributed by atoms with Crippen molar-refractivity contribution in [1.29, 1.82) is 5.26 Å². The molecule has 0 aliphatic heterocycles. The van der Waals surface area contributed by atoms with E-state index in [2.05, 4.69) is 30.6 Å². The molecule has 0 bridgehead atoms. The minimum atomic E-state index is 0.419. The summed E-state index contributed by atoms with van der Waals surface area (Å²) in [6.45, 7) is 4.28. The first-order valence-electron chi connectivity index (χ1n) is 6.23. The first kappa shape index (κ1) is 14.5. The number of benzene rings is 1. The minimum Gasteiger partial charge on any atom is -0.360 e. The molecule has 0 fully saturated rings. The summed E-state index contributed by atoms with van der Waals surface area (Å²) in [5.41, 5.74) is 1.96. The van der Waals surface area contributed by atoms with Gasteiger partial charge in [-0.05, 0) is 42.8 Å². The topological polar surface area (TPSA) is 47.8 Å². The van der Waals surface area contributed by atoms with Crippen molar-refractivity contribution < 1.29 is 0 Å². The summed E-state index contributed by atoms with van der Waals surface area (Å²) in [5, 5.41) is 15.7. The number of hydrogen-bond acceptors (Lipinski definition) is 2. The number of nitrogens with one attached hydrogen (secondary N) is 2. The first-order valence-corrected chi connectivity index (χ1v) is 6.63. The third kappa shape index (κ3) is 4.72. The molecule has 0 aliphatic carbocycles. The van der Waals surface area contributed by atoms with Gasteiger partial charge in [0.1, 0.15) is 0 Å². The van der Waals surface area contributed by atoms with E-state index in [1.807, 2.05) is 24.3 Å². The van der Waals surface area contributed by atoms with Crippen LogP contribution >= 0.6 is 12.2 Å². The van der Waals surface area contributed by atoms with Crippen LogP contribution in [0.25, 0.3) is 0 Å². The van der Waals surface area contributed by atoms with Crippen molar-refractivity contribution in [3.05, 3.63) is 29.8 Å². The third-order valence-electron chi connectivity index (χ3n) is 2.82. The second kappa shape index (κ2) is 7.67. The highest BCUT2D eigenvalue weighted by atomic mass is 32.1. The molecule has 3 nitrogen and oxygen atoms in total. The molecule has 96 valence electrons. The lowest BCUT2D eigenvalue weighted by atomic mass is 10.1. The zero-order valence-electron chi connectivity index (χ0n) is 10.9. The summed E-state index contributed by atoms with van der Waals surface area (Å²) < 4.78 is 0. The molecule has 4 heteroatoms. The van der Waals surface area contributed by atoms with Crippen LogP contribution in [0.2, 0.25) is 0 Å². The molecule has 0 saturated heterocycles. The van der Waals surface area contributed by atoms with Gasteiger partial charge in [0.05, 0.1) is 12.5 Å². The summed E-state index contributed by atoms with van der Waals surface area (Å²) in [5.74, 6) is 0. The van der Waals surface area contributed by atoms with E-state index in [4.69, 9.17) is 17.5 Å². The van der Waals surface area contributed by atoms with Crippen molar-refractivity contribution in [2.24, 2.45) is 0 Å². The number of thiocarbonyl (C=S) groups is 1. The van der Waals surface area contributed by atoms with Gasteiger partial charge in [0.25, 0.3) is 0 Å². The normalized spacial score (nSPS) is 9.89. The molecule has 0 radical (unpaired) electrons. The average molecular weight is 261 g/mol. The molecular weight excluding hydrogens is 242 g/mol. The highest BCUT2D eigenvalue weighted by Gasteiger charge is 2.05. The van der Waals surface area contributed by atoms with E-state index in [1.165, 1.54) is 0 Å².